The number of rotatable bonds is 2. The van der Waals surface area contributed by atoms with Crippen LogP contribution >= 0.6 is 11.6 Å². The molecule has 4 nitrogen and oxygen atoms in total. The highest BCUT2D eigenvalue weighted by Crippen LogP contribution is 2.25. The number of amides is 1. The van der Waals surface area contributed by atoms with E-state index in [4.69, 9.17) is 16.7 Å². The number of aliphatic carboxylic acids is 1. The van der Waals surface area contributed by atoms with Gasteiger partial charge in [-0.05, 0) is 18.1 Å². The van der Waals surface area contributed by atoms with Gasteiger partial charge in [0.25, 0.3) is 5.91 Å². The van der Waals surface area contributed by atoms with Gasteiger partial charge in [0.15, 0.2) is 0 Å². The molecule has 0 aromatic heterocycles. The number of carbonyl (C=O) groups is 2. The van der Waals surface area contributed by atoms with Gasteiger partial charge in [-0.1, -0.05) is 23.7 Å². The van der Waals surface area contributed by atoms with Crippen molar-refractivity contribution < 1.29 is 14.7 Å². The van der Waals surface area contributed by atoms with Crippen molar-refractivity contribution >= 4 is 23.5 Å². The van der Waals surface area contributed by atoms with Crippen molar-refractivity contribution in [3.8, 4) is 0 Å². The van der Waals surface area contributed by atoms with E-state index in [1.54, 1.807) is 12.1 Å². The summed E-state index contributed by atoms with van der Waals surface area (Å²) in [5, 5.41) is 9.06. The molecule has 0 atom stereocenters. The minimum absolute atomic E-state index is 0.274. The molecular formula is C11H10ClNO3. The maximum Gasteiger partial charge on any atom is 0.323 e. The SMILES string of the molecule is O=C(O)CN1CCc2cccc(Cl)c2C1=O. The van der Waals surface area contributed by atoms with E-state index in [1.165, 1.54) is 4.90 Å². The van der Waals surface area contributed by atoms with Crippen LogP contribution in [0.3, 0.4) is 0 Å². The smallest absolute Gasteiger partial charge is 0.323 e. The van der Waals surface area contributed by atoms with E-state index in [1.807, 2.05) is 6.07 Å². The number of halogens is 1. The first kappa shape index (κ1) is 11.0. The summed E-state index contributed by atoms with van der Waals surface area (Å²) in [5.74, 6) is -1.31. The van der Waals surface area contributed by atoms with Crippen LogP contribution in [0.15, 0.2) is 18.2 Å². The number of hydrogen-bond acceptors (Lipinski definition) is 2. The van der Waals surface area contributed by atoms with Gasteiger partial charge in [0.2, 0.25) is 0 Å². The summed E-state index contributed by atoms with van der Waals surface area (Å²) in [4.78, 5) is 23.8. The van der Waals surface area contributed by atoms with E-state index >= 15 is 0 Å². The maximum atomic E-state index is 12.0. The fraction of sp³-hybridized carbons (Fsp3) is 0.273. The molecule has 1 aliphatic rings. The number of carbonyl (C=O) groups excluding carboxylic acids is 1. The topological polar surface area (TPSA) is 57.6 Å². The first-order valence-corrected chi connectivity index (χ1v) is 5.26. The van der Waals surface area contributed by atoms with Crippen LogP contribution < -0.4 is 0 Å². The van der Waals surface area contributed by atoms with Crippen molar-refractivity contribution in [2.75, 3.05) is 13.1 Å². The van der Waals surface area contributed by atoms with Crippen molar-refractivity contribution in [2.45, 2.75) is 6.42 Å². The molecule has 0 saturated carbocycles. The second-order valence-corrected chi connectivity index (χ2v) is 4.05. The van der Waals surface area contributed by atoms with Crippen LogP contribution in [-0.2, 0) is 11.2 Å². The first-order valence-electron chi connectivity index (χ1n) is 4.88. The number of carboxylic acid groups (broad SMARTS) is 1. The molecule has 0 aliphatic carbocycles. The summed E-state index contributed by atoms with van der Waals surface area (Å²) in [7, 11) is 0. The lowest BCUT2D eigenvalue weighted by Gasteiger charge is -2.27. The lowest BCUT2D eigenvalue weighted by molar-refractivity contribution is -0.137. The summed E-state index contributed by atoms with van der Waals surface area (Å²) in [6, 6.07) is 5.28. The Labute approximate surface area is 97.4 Å². The monoisotopic (exact) mass is 239 g/mol. The molecule has 0 spiro atoms. The molecule has 16 heavy (non-hydrogen) atoms. The van der Waals surface area contributed by atoms with E-state index in [9.17, 15) is 9.59 Å². The Kier molecular flexibility index (Phi) is 2.83. The van der Waals surface area contributed by atoms with E-state index in [0.29, 0.717) is 23.6 Å². The average molecular weight is 240 g/mol. The largest absolute Gasteiger partial charge is 0.480 e. The predicted molar refractivity (Wildman–Crippen MR) is 58.7 cm³/mol. The minimum Gasteiger partial charge on any atom is -0.480 e. The summed E-state index contributed by atoms with van der Waals surface area (Å²) >= 11 is 5.94. The zero-order valence-corrected chi connectivity index (χ0v) is 9.20. The number of carboxylic acids is 1. The second kappa shape index (κ2) is 4.14. The van der Waals surface area contributed by atoms with Crippen molar-refractivity contribution in [1.29, 1.82) is 0 Å². The second-order valence-electron chi connectivity index (χ2n) is 3.64. The zero-order chi connectivity index (χ0) is 11.7. The third-order valence-corrected chi connectivity index (χ3v) is 2.89. The van der Waals surface area contributed by atoms with Crippen molar-refractivity contribution in [3.05, 3.63) is 34.3 Å². The molecule has 1 heterocycles. The molecule has 1 aromatic rings. The van der Waals surface area contributed by atoms with Gasteiger partial charge in [-0.3, -0.25) is 9.59 Å². The van der Waals surface area contributed by atoms with Gasteiger partial charge < -0.3 is 10.0 Å². The molecular weight excluding hydrogens is 230 g/mol. The van der Waals surface area contributed by atoms with E-state index in [0.717, 1.165) is 5.56 Å². The van der Waals surface area contributed by atoms with Gasteiger partial charge in [-0.15, -0.1) is 0 Å². The molecule has 0 saturated heterocycles. The van der Waals surface area contributed by atoms with Crippen LogP contribution in [0.2, 0.25) is 5.02 Å². The Balaban J connectivity index is 2.34. The molecule has 1 N–H and O–H groups in total. The number of fused-ring (bicyclic) bond motifs is 1. The highest BCUT2D eigenvalue weighted by atomic mass is 35.5. The van der Waals surface area contributed by atoms with Crippen LogP contribution in [0.25, 0.3) is 0 Å². The van der Waals surface area contributed by atoms with Crippen LogP contribution in [0, 0.1) is 0 Å². The van der Waals surface area contributed by atoms with Gasteiger partial charge in [-0.2, -0.15) is 0 Å². The fourth-order valence-corrected chi connectivity index (χ4v) is 2.12. The standard InChI is InChI=1S/C11H10ClNO3/c12-8-3-1-2-7-4-5-13(6-9(14)15)11(16)10(7)8/h1-3H,4-6H2,(H,14,15). The molecule has 84 valence electrons. The third kappa shape index (κ3) is 1.88. The predicted octanol–water partition coefficient (Wildman–Crippen LogP) is 1.42. The van der Waals surface area contributed by atoms with E-state index in [2.05, 4.69) is 0 Å². The molecule has 1 aromatic carbocycles. The third-order valence-electron chi connectivity index (χ3n) is 2.58. The Morgan fingerprint density at radius 2 is 2.25 bits per heavy atom. The highest BCUT2D eigenvalue weighted by molar-refractivity contribution is 6.34. The fourth-order valence-electron chi connectivity index (χ4n) is 1.85. The lowest BCUT2D eigenvalue weighted by atomic mass is 9.99. The Bertz CT molecular complexity index is 459. The average Bonchev–Trinajstić information content (AvgIpc) is 2.22. The Hall–Kier alpha value is -1.55. The normalized spacial score (nSPS) is 14.8. The Morgan fingerprint density at radius 1 is 1.50 bits per heavy atom. The summed E-state index contributed by atoms with van der Waals surface area (Å²) in [6.07, 6.45) is 0.648. The minimum atomic E-state index is -1.01. The highest BCUT2D eigenvalue weighted by Gasteiger charge is 2.27. The maximum absolute atomic E-state index is 12.0. The van der Waals surface area contributed by atoms with Crippen molar-refractivity contribution in [3.63, 3.8) is 0 Å². The van der Waals surface area contributed by atoms with Crippen LogP contribution in [0.4, 0.5) is 0 Å². The first-order chi connectivity index (χ1) is 7.59. The van der Waals surface area contributed by atoms with Gasteiger partial charge >= 0.3 is 5.97 Å². The van der Waals surface area contributed by atoms with Gasteiger partial charge in [-0.25, -0.2) is 0 Å². The molecule has 5 heteroatoms. The van der Waals surface area contributed by atoms with E-state index in [-0.39, 0.29) is 12.5 Å². The molecule has 1 aliphatic heterocycles. The summed E-state index contributed by atoms with van der Waals surface area (Å²) < 4.78 is 0. The molecule has 0 unspecified atom stereocenters. The number of hydrogen-bond donors (Lipinski definition) is 1. The quantitative estimate of drug-likeness (QED) is 0.849. The van der Waals surface area contributed by atoms with Crippen LogP contribution in [0.1, 0.15) is 15.9 Å². The van der Waals surface area contributed by atoms with E-state index < -0.39 is 5.97 Å². The summed E-state index contributed by atoms with van der Waals surface area (Å²) in [6.45, 7) is 0.155. The van der Waals surface area contributed by atoms with Gasteiger partial charge in [0.05, 0.1) is 10.6 Å². The number of benzene rings is 1. The van der Waals surface area contributed by atoms with Gasteiger partial charge in [0.1, 0.15) is 6.54 Å². The van der Waals surface area contributed by atoms with Gasteiger partial charge in [0, 0.05) is 6.54 Å². The molecule has 2 rings (SSSR count). The summed E-state index contributed by atoms with van der Waals surface area (Å²) in [5.41, 5.74) is 1.33. The van der Waals surface area contributed by atoms with Crippen LogP contribution in [-0.4, -0.2) is 35.0 Å². The van der Waals surface area contributed by atoms with Crippen molar-refractivity contribution in [2.24, 2.45) is 0 Å². The Morgan fingerprint density at radius 3 is 2.94 bits per heavy atom. The lowest BCUT2D eigenvalue weighted by Crippen LogP contribution is -2.40. The van der Waals surface area contributed by atoms with Crippen molar-refractivity contribution in [1.82, 2.24) is 4.90 Å². The molecule has 1 amide bonds. The molecule has 0 fully saturated rings. The molecule has 0 radical (unpaired) electrons. The molecule has 0 bridgehead atoms. The van der Waals surface area contributed by atoms with Crippen LogP contribution in [0.5, 0.6) is 0 Å². The number of nitrogens with zero attached hydrogens (tertiary/aromatic N) is 1. The zero-order valence-electron chi connectivity index (χ0n) is 8.44.